The van der Waals surface area contributed by atoms with Crippen LogP contribution in [0.3, 0.4) is 0 Å². The molecule has 1 aromatic rings. The molecule has 176 valence electrons. The van der Waals surface area contributed by atoms with Crippen LogP contribution in [0.15, 0.2) is 23.1 Å². The number of piperidine rings is 1. The number of anilines is 1. The van der Waals surface area contributed by atoms with E-state index in [9.17, 15) is 18.0 Å². The van der Waals surface area contributed by atoms with Gasteiger partial charge < -0.3 is 10.1 Å². The van der Waals surface area contributed by atoms with Gasteiger partial charge in [0.25, 0.3) is 5.91 Å². The van der Waals surface area contributed by atoms with Crippen molar-refractivity contribution in [2.75, 3.05) is 31.1 Å². The molecule has 32 heavy (non-hydrogen) atoms. The largest absolute Gasteiger partial charge is 0.482 e. The number of rotatable bonds is 5. The number of ether oxygens (including phenoxy) is 1. The molecular weight excluding hydrogens is 430 g/mol. The van der Waals surface area contributed by atoms with Crippen LogP contribution in [0.2, 0.25) is 0 Å². The van der Waals surface area contributed by atoms with Gasteiger partial charge >= 0.3 is 0 Å². The Kier molecular flexibility index (Phi) is 6.76. The molecule has 1 saturated heterocycles. The summed E-state index contributed by atoms with van der Waals surface area (Å²) in [6.45, 7) is 5.01. The third-order valence-electron chi connectivity index (χ3n) is 6.94. The predicted molar refractivity (Wildman–Crippen MR) is 121 cm³/mol. The summed E-state index contributed by atoms with van der Waals surface area (Å²) in [6, 6.07) is 4.69. The highest BCUT2D eigenvalue weighted by Gasteiger charge is 2.33. The van der Waals surface area contributed by atoms with Gasteiger partial charge in [0, 0.05) is 19.1 Å². The topological polar surface area (TPSA) is 96.0 Å². The molecule has 2 aliphatic heterocycles. The standard InChI is InChI=1S/C23H33N3O5S/c1-16-3-5-18(6-4-16)24-22(27)14-26-20-13-19(7-8-21(20)31-15-23(26)28)32(29,30)25-11-9-17(2)10-12-25/h7-8,13,16-18H,3-6,9-12,14-15H2,1-2H3,(H,24,27). The van der Waals surface area contributed by atoms with E-state index in [0.29, 0.717) is 36.4 Å². The minimum absolute atomic E-state index is 0.121. The second-order valence-corrected chi connectivity index (χ2v) is 11.4. The molecule has 1 saturated carbocycles. The maximum Gasteiger partial charge on any atom is 0.265 e. The second kappa shape index (κ2) is 9.39. The maximum absolute atomic E-state index is 13.2. The number of carbonyl (C=O) groups excluding carboxylic acids is 2. The molecule has 1 N–H and O–H groups in total. The highest BCUT2D eigenvalue weighted by Crippen LogP contribution is 2.35. The minimum Gasteiger partial charge on any atom is -0.482 e. The van der Waals surface area contributed by atoms with Crippen LogP contribution in [0.5, 0.6) is 5.75 Å². The van der Waals surface area contributed by atoms with Gasteiger partial charge in [-0.1, -0.05) is 13.8 Å². The summed E-state index contributed by atoms with van der Waals surface area (Å²) in [5.74, 6) is 1.02. The van der Waals surface area contributed by atoms with Gasteiger partial charge in [-0.05, 0) is 68.6 Å². The molecule has 2 fully saturated rings. The molecule has 0 spiro atoms. The average molecular weight is 464 g/mol. The van der Waals surface area contributed by atoms with E-state index in [4.69, 9.17) is 4.74 Å². The number of benzene rings is 1. The Morgan fingerprint density at radius 1 is 1.06 bits per heavy atom. The Balaban J connectivity index is 1.51. The van der Waals surface area contributed by atoms with Gasteiger partial charge in [0.1, 0.15) is 12.3 Å². The van der Waals surface area contributed by atoms with Gasteiger partial charge in [-0.15, -0.1) is 0 Å². The van der Waals surface area contributed by atoms with Crippen molar-refractivity contribution in [3.05, 3.63) is 18.2 Å². The fraction of sp³-hybridized carbons (Fsp3) is 0.652. The van der Waals surface area contributed by atoms with E-state index in [1.54, 1.807) is 6.07 Å². The second-order valence-electron chi connectivity index (χ2n) is 9.51. The van der Waals surface area contributed by atoms with E-state index >= 15 is 0 Å². The lowest BCUT2D eigenvalue weighted by atomic mass is 9.87. The van der Waals surface area contributed by atoms with Crippen molar-refractivity contribution in [3.8, 4) is 5.75 Å². The van der Waals surface area contributed by atoms with Gasteiger partial charge in [0.05, 0.1) is 10.6 Å². The molecule has 1 aliphatic carbocycles. The summed E-state index contributed by atoms with van der Waals surface area (Å²) in [5.41, 5.74) is 0.333. The molecule has 2 heterocycles. The lowest BCUT2D eigenvalue weighted by Gasteiger charge is -2.32. The zero-order chi connectivity index (χ0) is 22.9. The van der Waals surface area contributed by atoms with Crippen molar-refractivity contribution in [2.24, 2.45) is 11.8 Å². The first kappa shape index (κ1) is 23.0. The van der Waals surface area contributed by atoms with Gasteiger partial charge in [0.2, 0.25) is 15.9 Å². The fourth-order valence-electron chi connectivity index (χ4n) is 4.71. The Morgan fingerprint density at radius 3 is 2.41 bits per heavy atom. The quantitative estimate of drug-likeness (QED) is 0.724. The minimum atomic E-state index is -3.68. The highest BCUT2D eigenvalue weighted by atomic mass is 32.2. The summed E-state index contributed by atoms with van der Waals surface area (Å²) < 4.78 is 33.4. The number of fused-ring (bicyclic) bond motifs is 1. The van der Waals surface area contributed by atoms with Crippen molar-refractivity contribution in [1.82, 2.24) is 9.62 Å². The number of carbonyl (C=O) groups is 2. The molecule has 0 radical (unpaired) electrons. The first-order chi connectivity index (χ1) is 15.2. The highest BCUT2D eigenvalue weighted by molar-refractivity contribution is 7.89. The summed E-state index contributed by atoms with van der Waals surface area (Å²) >= 11 is 0. The SMILES string of the molecule is CC1CCC(NC(=O)CN2C(=O)COc3ccc(S(=O)(=O)N4CCC(C)CC4)cc32)CC1. The van der Waals surface area contributed by atoms with Crippen LogP contribution in [0.25, 0.3) is 0 Å². The third-order valence-corrected chi connectivity index (χ3v) is 8.83. The Bertz CT molecular complexity index is 964. The number of sulfonamides is 1. The van der Waals surface area contributed by atoms with Crippen LogP contribution < -0.4 is 15.0 Å². The van der Waals surface area contributed by atoms with Gasteiger partial charge in [-0.2, -0.15) is 4.31 Å². The lowest BCUT2D eigenvalue weighted by molar-refractivity contribution is -0.125. The summed E-state index contributed by atoms with van der Waals surface area (Å²) in [4.78, 5) is 26.8. The van der Waals surface area contributed by atoms with Crippen LogP contribution in [0, 0.1) is 11.8 Å². The Labute approximate surface area is 190 Å². The fourth-order valence-corrected chi connectivity index (χ4v) is 6.20. The van der Waals surface area contributed by atoms with Crippen molar-refractivity contribution >= 4 is 27.5 Å². The first-order valence-electron chi connectivity index (χ1n) is 11.6. The van der Waals surface area contributed by atoms with Gasteiger partial charge in [0.15, 0.2) is 6.61 Å². The smallest absolute Gasteiger partial charge is 0.265 e. The van der Waals surface area contributed by atoms with Crippen LogP contribution in [-0.4, -0.2) is 56.8 Å². The number of nitrogens with one attached hydrogen (secondary N) is 1. The van der Waals surface area contributed by atoms with E-state index in [1.165, 1.54) is 21.3 Å². The molecule has 9 heteroatoms. The van der Waals surface area contributed by atoms with E-state index in [0.717, 1.165) is 38.5 Å². The molecule has 8 nitrogen and oxygen atoms in total. The van der Waals surface area contributed by atoms with Crippen molar-refractivity contribution in [1.29, 1.82) is 0 Å². The Morgan fingerprint density at radius 2 is 1.72 bits per heavy atom. The molecular formula is C23H33N3O5S. The van der Waals surface area contributed by atoms with E-state index in [1.807, 2.05) is 0 Å². The van der Waals surface area contributed by atoms with Gasteiger partial charge in [-0.3, -0.25) is 14.5 Å². The summed E-state index contributed by atoms with van der Waals surface area (Å²) in [5, 5.41) is 3.04. The first-order valence-corrected chi connectivity index (χ1v) is 13.0. The molecule has 0 atom stereocenters. The zero-order valence-electron chi connectivity index (χ0n) is 18.9. The predicted octanol–water partition coefficient (Wildman–Crippen LogP) is 2.53. The summed E-state index contributed by atoms with van der Waals surface area (Å²) in [6.07, 6.45) is 5.71. The van der Waals surface area contributed by atoms with Crippen molar-refractivity contribution in [2.45, 2.75) is 63.3 Å². The zero-order valence-corrected chi connectivity index (χ0v) is 19.7. The van der Waals surface area contributed by atoms with Gasteiger partial charge in [-0.25, -0.2) is 8.42 Å². The molecule has 0 aromatic heterocycles. The molecule has 4 rings (SSSR count). The van der Waals surface area contributed by atoms with E-state index in [-0.39, 0.29) is 35.9 Å². The van der Waals surface area contributed by atoms with Crippen LogP contribution in [-0.2, 0) is 19.6 Å². The van der Waals surface area contributed by atoms with Crippen LogP contribution in [0.4, 0.5) is 5.69 Å². The molecule has 3 aliphatic rings. The normalized spacial score (nSPS) is 25.2. The number of hydrogen-bond donors (Lipinski definition) is 1. The third kappa shape index (κ3) is 4.93. The van der Waals surface area contributed by atoms with E-state index in [2.05, 4.69) is 19.2 Å². The van der Waals surface area contributed by atoms with Crippen molar-refractivity contribution in [3.63, 3.8) is 0 Å². The van der Waals surface area contributed by atoms with E-state index < -0.39 is 10.0 Å². The van der Waals surface area contributed by atoms with Crippen molar-refractivity contribution < 1.29 is 22.7 Å². The average Bonchev–Trinajstić information content (AvgIpc) is 2.77. The number of amides is 2. The molecule has 0 unspecified atom stereocenters. The van der Waals surface area contributed by atoms with Crippen LogP contribution >= 0.6 is 0 Å². The lowest BCUT2D eigenvalue weighted by Crippen LogP contribution is -2.48. The molecule has 0 bridgehead atoms. The molecule has 2 amide bonds. The number of nitrogens with zero attached hydrogens (tertiary/aromatic N) is 2. The molecule has 1 aromatic carbocycles. The number of hydrogen-bond acceptors (Lipinski definition) is 5. The maximum atomic E-state index is 13.2. The summed E-state index contributed by atoms with van der Waals surface area (Å²) in [7, 11) is -3.68. The van der Waals surface area contributed by atoms with Crippen LogP contribution in [0.1, 0.15) is 52.4 Å². The Hall–Kier alpha value is -2.13. The monoisotopic (exact) mass is 463 g/mol.